The van der Waals surface area contributed by atoms with Crippen LogP contribution in [0.3, 0.4) is 0 Å². The fourth-order valence-electron chi connectivity index (χ4n) is 1.49. The second kappa shape index (κ2) is 3.64. The predicted octanol–water partition coefficient (Wildman–Crippen LogP) is 1.97. The highest BCUT2D eigenvalue weighted by Crippen LogP contribution is 2.50. The fourth-order valence-corrected chi connectivity index (χ4v) is 2.19. The van der Waals surface area contributed by atoms with Crippen LogP contribution in [0.2, 0.25) is 5.15 Å². The van der Waals surface area contributed by atoms with Crippen LogP contribution in [0, 0.1) is 0 Å². The number of carboxylic acid groups (broad SMARTS) is 1. The topological polar surface area (TPSA) is 63.1 Å². The average molecular weight is 245 g/mol. The molecule has 0 bridgehead atoms. The van der Waals surface area contributed by atoms with Crippen molar-refractivity contribution in [3.05, 3.63) is 16.9 Å². The minimum atomic E-state index is -0.843. The van der Waals surface area contributed by atoms with E-state index in [2.05, 4.69) is 9.97 Å². The molecule has 1 aromatic heterocycles. The third-order valence-corrected chi connectivity index (χ3v) is 3.43. The summed E-state index contributed by atoms with van der Waals surface area (Å²) in [7, 11) is 0. The van der Waals surface area contributed by atoms with Crippen LogP contribution in [0.15, 0.2) is 11.4 Å². The van der Waals surface area contributed by atoms with Gasteiger partial charge in [0.25, 0.3) is 0 Å². The lowest BCUT2D eigenvalue weighted by Gasteiger charge is -2.10. The highest BCUT2D eigenvalue weighted by atomic mass is 35.5. The third kappa shape index (κ3) is 1.70. The molecule has 2 rings (SSSR count). The minimum Gasteiger partial charge on any atom is -0.481 e. The molecule has 0 saturated heterocycles. The van der Waals surface area contributed by atoms with Gasteiger partial charge >= 0.3 is 5.97 Å². The lowest BCUT2D eigenvalue weighted by atomic mass is 10.00. The van der Waals surface area contributed by atoms with Gasteiger partial charge in [-0.05, 0) is 19.1 Å². The Balaban J connectivity index is 2.42. The number of halogens is 1. The van der Waals surface area contributed by atoms with Gasteiger partial charge < -0.3 is 5.11 Å². The normalized spacial score (nSPS) is 17.5. The maximum atomic E-state index is 11.1. The van der Waals surface area contributed by atoms with E-state index < -0.39 is 11.4 Å². The standard InChI is InChI=1S/C9H9ClN2O2S/c1-15-8-11-4-5(6(10)12-8)9(2-3-9)7(13)14/h4H,2-3H2,1H3,(H,13,14). The van der Waals surface area contributed by atoms with Gasteiger partial charge in [0.2, 0.25) is 0 Å². The number of carboxylic acids is 1. The summed E-state index contributed by atoms with van der Waals surface area (Å²) in [6.45, 7) is 0. The van der Waals surface area contributed by atoms with Gasteiger partial charge in [0.1, 0.15) is 5.15 Å². The molecule has 1 N–H and O–H groups in total. The maximum Gasteiger partial charge on any atom is 0.314 e. The smallest absolute Gasteiger partial charge is 0.314 e. The van der Waals surface area contributed by atoms with Crippen LogP contribution in [0.1, 0.15) is 18.4 Å². The van der Waals surface area contributed by atoms with E-state index in [1.165, 1.54) is 18.0 Å². The molecule has 0 aliphatic heterocycles. The second-order valence-electron chi connectivity index (χ2n) is 3.45. The van der Waals surface area contributed by atoms with E-state index >= 15 is 0 Å². The first kappa shape index (κ1) is 10.7. The Labute approximate surface area is 96.1 Å². The monoisotopic (exact) mass is 244 g/mol. The molecular weight excluding hydrogens is 236 g/mol. The Morgan fingerprint density at radius 3 is 2.73 bits per heavy atom. The van der Waals surface area contributed by atoms with Crippen LogP contribution in [-0.4, -0.2) is 27.3 Å². The van der Waals surface area contributed by atoms with Crippen LogP contribution >= 0.6 is 23.4 Å². The number of carbonyl (C=O) groups is 1. The molecule has 0 radical (unpaired) electrons. The van der Waals surface area contributed by atoms with Gasteiger partial charge in [-0.15, -0.1) is 0 Å². The Morgan fingerprint density at radius 2 is 2.33 bits per heavy atom. The lowest BCUT2D eigenvalue weighted by Crippen LogP contribution is -2.20. The zero-order chi connectivity index (χ0) is 11.1. The summed E-state index contributed by atoms with van der Waals surface area (Å²) in [5.74, 6) is -0.843. The Hall–Kier alpha value is -0.810. The molecule has 0 spiro atoms. The molecule has 80 valence electrons. The van der Waals surface area contributed by atoms with E-state index in [0.717, 1.165) is 0 Å². The summed E-state index contributed by atoms with van der Waals surface area (Å²) in [4.78, 5) is 19.2. The molecular formula is C9H9ClN2O2S. The van der Waals surface area contributed by atoms with Crippen molar-refractivity contribution in [1.82, 2.24) is 9.97 Å². The Morgan fingerprint density at radius 1 is 1.67 bits per heavy atom. The molecule has 0 unspecified atom stereocenters. The average Bonchev–Trinajstić information content (AvgIpc) is 2.98. The molecule has 6 heteroatoms. The van der Waals surface area contributed by atoms with Crippen LogP contribution in [0.5, 0.6) is 0 Å². The molecule has 1 aromatic rings. The predicted molar refractivity (Wildman–Crippen MR) is 57.4 cm³/mol. The van der Waals surface area contributed by atoms with Crippen molar-refractivity contribution in [2.75, 3.05) is 6.26 Å². The van der Waals surface area contributed by atoms with Gasteiger partial charge in [-0.2, -0.15) is 0 Å². The number of thioether (sulfide) groups is 1. The van der Waals surface area contributed by atoms with Gasteiger partial charge in [0.05, 0.1) is 5.41 Å². The van der Waals surface area contributed by atoms with Crippen LogP contribution in [0.25, 0.3) is 0 Å². The summed E-state index contributed by atoms with van der Waals surface area (Å²) in [6.07, 6.45) is 4.60. The van der Waals surface area contributed by atoms with Crippen molar-refractivity contribution in [3.8, 4) is 0 Å². The molecule has 1 saturated carbocycles. The summed E-state index contributed by atoms with van der Waals surface area (Å²) < 4.78 is 0. The SMILES string of the molecule is CSc1ncc(C2(C(=O)O)CC2)c(Cl)n1. The number of aliphatic carboxylic acids is 1. The molecule has 0 aromatic carbocycles. The van der Waals surface area contributed by atoms with Crippen molar-refractivity contribution in [1.29, 1.82) is 0 Å². The second-order valence-corrected chi connectivity index (χ2v) is 4.58. The number of nitrogens with zero attached hydrogens (tertiary/aromatic N) is 2. The molecule has 1 fully saturated rings. The van der Waals surface area contributed by atoms with Gasteiger partial charge in [0, 0.05) is 11.8 Å². The zero-order valence-corrected chi connectivity index (χ0v) is 9.60. The van der Waals surface area contributed by atoms with E-state index in [0.29, 0.717) is 23.6 Å². The van der Waals surface area contributed by atoms with E-state index in [9.17, 15) is 4.79 Å². The summed E-state index contributed by atoms with van der Waals surface area (Å²) in [5, 5.41) is 9.91. The van der Waals surface area contributed by atoms with E-state index in [1.807, 2.05) is 6.26 Å². The quantitative estimate of drug-likeness (QED) is 0.500. The molecule has 1 aliphatic carbocycles. The molecule has 0 amide bonds. The molecule has 0 atom stereocenters. The van der Waals surface area contributed by atoms with Crippen molar-refractivity contribution < 1.29 is 9.90 Å². The third-order valence-electron chi connectivity index (χ3n) is 2.58. The summed E-state index contributed by atoms with van der Waals surface area (Å²) in [5.41, 5.74) is -0.289. The fraction of sp³-hybridized carbons (Fsp3) is 0.444. The van der Waals surface area contributed by atoms with E-state index in [4.69, 9.17) is 16.7 Å². The molecule has 4 nitrogen and oxygen atoms in total. The Bertz CT molecular complexity index is 421. The van der Waals surface area contributed by atoms with Crippen molar-refractivity contribution in [3.63, 3.8) is 0 Å². The molecule has 1 aliphatic rings. The van der Waals surface area contributed by atoms with Gasteiger partial charge in [-0.1, -0.05) is 23.4 Å². The number of hydrogen-bond donors (Lipinski definition) is 1. The first-order chi connectivity index (χ1) is 7.10. The maximum absolute atomic E-state index is 11.1. The van der Waals surface area contributed by atoms with Crippen molar-refractivity contribution >= 4 is 29.3 Å². The van der Waals surface area contributed by atoms with Crippen LogP contribution < -0.4 is 0 Å². The highest BCUT2D eigenvalue weighted by Gasteiger charge is 2.53. The highest BCUT2D eigenvalue weighted by molar-refractivity contribution is 7.98. The number of aromatic nitrogens is 2. The molecule has 15 heavy (non-hydrogen) atoms. The van der Waals surface area contributed by atoms with Crippen LogP contribution in [-0.2, 0) is 10.2 Å². The van der Waals surface area contributed by atoms with Gasteiger partial charge in [0.15, 0.2) is 5.16 Å². The van der Waals surface area contributed by atoms with Crippen LogP contribution in [0.4, 0.5) is 0 Å². The molecule has 1 heterocycles. The van der Waals surface area contributed by atoms with Crippen molar-refractivity contribution in [2.45, 2.75) is 23.4 Å². The first-order valence-corrected chi connectivity index (χ1v) is 6.01. The summed E-state index contributed by atoms with van der Waals surface area (Å²) in [6, 6.07) is 0. The van der Waals surface area contributed by atoms with Gasteiger partial charge in [-0.3, -0.25) is 4.79 Å². The Kier molecular flexibility index (Phi) is 2.60. The lowest BCUT2D eigenvalue weighted by molar-refractivity contribution is -0.140. The summed E-state index contributed by atoms with van der Waals surface area (Å²) >= 11 is 7.33. The first-order valence-electron chi connectivity index (χ1n) is 4.40. The van der Waals surface area contributed by atoms with Crippen molar-refractivity contribution in [2.24, 2.45) is 0 Å². The number of hydrogen-bond acceptors (Lipinski definition) is 4. The number of rotatable bonds is 3. The van der Waals surface area contributed by atoms with E-state index in [1.54, 1.807) is 0 Å². The zero-order valence-electron chi connectivity index (χ0n) is 8.03. The van der Waals surface area contributed by atoms with E-state index in [-0.39, 0.29) is 5.15 Å². The largest absolute Gasteiger partial charge is 0.481 e. The minimum absolute atomic E-state index is 0.259. The van der Waals surface area contributed by atoms with Gasteiger partial charge in [-0.25, -0.2) is 9.97 Å².